The van der Waals surface area contributed by atoms with Crippen LogP contribution in [0, 0.1) is 52.3 Å². The molecule has 0 aromatic rings. The second kappa shape index (κ2) is 9.36. The van der Waals surface area contributed by atoms with Gasteiger partial charge in [-0.15, -0.1) is 0 Å². The topological polar surface area (TPSA) is 60.8 Å². The van der Waals surface area contributed by atoms with Crippen LogP contribution in [0.1, 0.15) is 105 Å². The third-order valence-electron chi connectivity index (χ3n) is 12.4. The zero-order valence-corrected chi connectivity index (χ0v) is 22.3. The molecule has 0 aromatic heterocycles. The summed E-state index contributed by atoms with van der Waals surface area (Å²) in [7, 11) is 0. The normalized spacial score (nSPS) is 48.1. The summed E-state index contributed by atoms with van der Waals surface area (Å²) in [5, 5.41) is 21.5. The second-order valence-electron chi connectivity index (χ2n) is 14.0. The summed E-state index contributed by atoms with van der Waals surface area (Å²) in [6.07, 6.45) is 12.6. The van der Waals surface area contributed by atoms with E-state index in [0.717, 1.165) is 76.3 Å². The first-order chi connectivity index (χ1) is 16.1. The summed E-state index contributed by atoms with van der Waals surface area (Å²) in [6.45, 7) is 11.7. The Morgan fingerprint density at radius 2 is 1.59 bits per heavy atom. The monoisotopic (exact) mass is 473 g/mol. The molecule has 4 aliphatic carbocycles. The van der Waals surface area contributed by atoms with Gasteiger partial charge in [0.2, 0.25) is 5.91 Å². The minimum Gasteiger partial charge on any atom is -0.393 e. The Kier molecular flexibility index (Phi) is 6.90. The van der Waals surface area contributed by atoms with Crippen LogP contribution in [0.5, 0.6) is 0 Å². The SMILES string of the molecule is CC1CCN(C(=O)CC[C@@H](C)[C@H]2CC[C@H]3[C@@H]4C[C@@H](O)[C@H]5C[C@@H](O)CC[C@]5(C)[C@H]4CC[C@]23C)CC1. The maximum Gasteiger partial charge on any atom is 0.222 e. The molecule has 0 radical (unpaired) electrons. The van der Waals surface area contributed by atoms with Gasteiger partial charge in [-0.25, -0.2) is 0 Å². The molecule has 1 aliphatic heterocycles. The number of hydrogen-bond donors (Lipinski definition) is 2. The minimum atomic E-state index is -0.245. The molecule has 0 unspecified atom stereocenters. The van der Waals surface area contributed by atoms with Gasteiger partial charge in [0, 0.05) is 19.5 Å². The van der Waals surface area contributed by atoms with Crippen molar-refractivity contribution in [1.82, 2.24) is 4.90 Å². The third kappa shape index (κ3) is 4.17. The molecule has 4 heteroatoms. The van der Waals surface area contributed by atoms with Crippen LogP contribution >= 0.6 is 0 Å². The number of likely N-dealkylation sites (tertiary alicyclic amines) is 1. The molecule has 1 saturated heterocycles. The van der Waals surface area contributed by atoms with Crippen molar-refractivity contribution in [1.29, 1.82) is 0 Å². The van der Waals surface area contributed by atoms with Crippen molar-refractivity contribution in [3.8, 4) is 0 Å². The highest BCUT2D eigenvalue weighted by atomic mass is 16.3. The van der Waals surface area contributed by atoms with Crippen LogP contribution in [0.2, 0.25) is 0 Å². The largest absolute Gasteiger partial charge is 0.393 e. The first-order valence-corrected chi connectivity index (χ1v) is 14.8. The van der Waals surface area contributed by atoms with Gasteiger partial charge in [-0.05, 0) is 123 Å². The van der Waals surface area contributed by atoms with Crippen molar-refractivity contribution in [2.45, 2.75) is 117 Å². The zero-order valence-electron chi connectivity index (χ0n) is 22.3. The zero-order chi connectivity index (χ0) is 24.3. The summed E-state index contributed by atoms with van der Waals surface area (Å²) in [5.41, 5.74) is 0.562. The van der Waals surface area contributed by atoms with Crippen molar-refractivity contribution < 1.29 is 15.0 Å². The molecule has 5 rings (SSSR count). The number of aliphatic hydroxyl groups excluding tert-OH is 2. The number of carbonyl (C=O) groups is 1. The number of rotatable bonds is 4. The van der Waals surface area contributed by atoms with Crippen molar-refractivity contribution in [2.75, 3.05) is 13.1 Å². The highest BCUT2D eigenvalue weighted by Crippen LogP contribution is 2.68. The highest BCUT2D eigenvalue weighted by molar-refractivity contribution is 5.76. The molecule has 2 N–H and O–H groups in total. The van der Waals surface area contributed by atoms with E-state index in [0.29, 0.717) is 35.0 Å². The smallest absolute Gasteiger partial charge is 0.222 e. The number of carbonyl (C=O) groups excluding carboxylic acids is 1. The van der Waals surface area contributed by atoms with Crippen LogP contribution in [-0.4, -0.2) is 46.3 Å². The Balaban J connectivity index is 1.24. The fourth-order valence-electron chi connectivity index (χ4n) is 10.2. The number of amides is 1. The number of nitrogens with zero attached hydrogens (tertiary/aromatic N) is 1. The van der Waals surface area contributed by atoms with E-state index in [1.807, 2.05) is 0 Å². The molecule has 1 amide bonds. The Hall–Kier alpha value is -0.610. The summed E-state index contributed by atoms with van der Waals surface area (Å²) in [4.78, 5) is 15.0. The summed E-state index contributed by atoms with van der Waals surface area (Å²) in [6, 6.07) is 0. The maximum atomic E-state index is 12.9. The van der Waals surface area contributed by atoms with Gasteiger partial charge in [0.15, 0.2) is 0 Å². The molecule has 1 heterocycles. The van der Waals surface area contributed by atoms with E-state index >= 15 is 0 Å². The number of piperidine rings is 1. The van der Waals surface area contributed by atoms with Crippen LogP contribution in [-0.2, 0) is 4.79 Å². The highest BCUT2D eigenvalue weighted by Gasteiger charge is 2.62. The van der Waals surface area contributed by atoms with Gasteiger partial charge in [0.25, 0.3) is 0 Å². The van der Waals surface area contributed by atoms with Crippen LogP contribution < -0.4 is 0 Å². The molecular formula is C30H51NO3. The molecule has 5 aliphatic rings. The Morgan fingerprint density at radius 1 is 0.912 bits per heavy atom. The van der Waals surface area contributed by atoms with Crippen molar-refractivity contribution in [3.63, 3.8) is 0 Å². The number of aliphatic hydroxyl groups is 2. The molecule has 4 nitrogen and oxygen atoms in total. The maximum absolute atomic E-state index is 12.9. The minimum absolute atomic E-state index is 0.199. The molecule has 194 valence electrons. The molecule has 0 spiro atoms. The van der Waals surface area contributed by atoms with E-state index < -0.39 is 0 Å². The van der Waals surface area contributed by atoms with Crippen molar-refractivity contribution in [3.05, 3.63) is 0 Å². The van der Waals surface area contributed by atoms with E-state index in [9.17, 15) is 15.0 Å². The van der Waals surface area contributed by atoms with Crippen molar-refractivity contribution in [2.24, 2.45) is 52.3 Å². The Bertz CT molecular complexity index is 747. The van der Waals surface area contributed by atoms with E-state index in [1.165, 1.54) is 25.7 Å². The molecule has 0 bridgehead atoms. The number of hydrogen-bond acceptors (Lipinski definition) is 3. The average molecular weight is 474 g/mol. The Labute approximate surface area is 208 Å². The van der Waals surface area contributed by atoms with Crippen LogP contribution in [0.4, 0.5) is 0 Å². The second-order valence-corrected chi connectivity index (χ2v) is 14.0. The van der Waals surface area contributed by atoms with Crippen LogP contribution in [0.15, 0.2) is 0 Å². The first kappa shape index (κ1) is 25.1. The van der Waals surface area contributed by atoms with E-state index in [-0.39, 0.29) is 23.5 Å². The molecule has 4 saturated carbocycles. The molecular weight excluding hydrogens is 422 g/mol. The lowest BCUT2D eigenvalue weighted by Gasteiger charge is -2.62. The quantitative estimate of drug-likeness (QED) is 0.554. The number of fused-ring (bicyclic) bond motifs is 5. The van der Waals surface area contributed by atoms with Gasteiger partial charge in [0.05, 0.1) is 12.2 Å². The fourth-order valence-corrected chi connectivity index (χ4v) is 10.2. The van der Waals surface area contributed by atoms with Gasteiger partial charge in [-0.2, -0.15) is 0 Å². The van der Waals surface area contributed by atoms with Crippen LogP contribution in [0.25, 0.3) is 0 Å². The summed E-state index contributed by atoms with van der Waals surface area (Å²) >= 11 is 0. The average Bonchev–Trinajstić information content (AvgIpc) is 3.16. The first-order valence-electron chi connectivity index (χ1n) is 14.8. The summed E-state index contributed by atoms with van der Waals surface area (Å²) < 4.78 is 0. The van der Waals surface area contributed by atoms with Gasteiger partial charge in [-0.1, -0.05) is 27.7 Å². The molecule has 5 fully saturated rings. The molecule has 0 aromatic carbocycles. The predicted molar refractivity (Wildman–Crippen MR) is 136 cm³/mol. The summed E-state index contributed by atoms with van der Waals surface area (Å²) in [5.74, 6) is 4.81. The lowest BCUT2D eigenvalue weighted by molar-refractivity contribution is -0.172. The van der Waals surface area contributed by atoms with Gasteiger partial charge in [0.1, 0.15) is 0 Å². The molecule has 34 heavy (non-hydrogen) atoms. The lowest BCUT2D eigenvalue weighted by atomic mass is 9.44. The standard InChI is InChI=1S/C30H51NO3/c1-19-11-15-31(16-12-19)28(34)8-5-20(2)23-6-7-24-22-18-27(33)26-17-21(32)9-13-30(26,4)25(22)10-14-29(23,24)3/h19-27,32-33H,5-18H2,1-4H3/t20-,21+,22+,23-,24+,25+,26-,27-,29-,30-/m1/s1. The predicted octanol–water partition coefficient (Wildman–Crippen LogP) is 5.65. The Morgan fingerprint density at radius 3 is 2.32 bits per heavy atom. The molecule has 10 atom stereocenters. The third-order valence-corrected chi connectivity index (χ3v) is 12.4. The van der Waals surface area contributed by atoms with Gasteiger partial charge in [-0.3, -0.25) is 4.79 Å². The van der Waals surface area contributed by atoms with E-state index in [1.54, 1.807) is 0 Å². The lowest BCUT2D eigenvalue weighted by Crippen LogP contribution is -2.58. The van der Waals surface area contributed by atoms with Crippen LogP contribution in [0.3, 0.4) is 0 Å². The van der Waals surface area contributed by atoms with Gasteiger partial charge >= 0.3 is 0 Å². The van der Waals surface area contributed by atoms with E-state index in [4.69, 9.17) is 0 Å². The fraction of sp³-hybridized carbons (Fsp3) is 0.967. The van der Waals surface area contributed by atoms with Gasteiger partial charge < -0.3 is 15.1 Å². The van der Waals surface area contributed by atoms with Crippen molar-refractivity contribution >= 4 is 5.91 Å². The van der Waals surface area contributed by atoms with E-state index in [2.05, 4.69) is 32.6 Å².